The fourth-order valence-corrected chi connectivity index (χ4v) is 4.13. The summed E-state index contributed by atoms with van der Waals surface area (Å²) in [6.45, 7) is 20.1. The van der Waals surface area contributed by atoms with Gasteiger partial charge in [-0.1, -0.05) is 20.8 Å². The van der Waals surface area contributed by atoms with E-state index in [1.165, 1.54) is 0 Å². The molecule has 0 unspecified atom stereocenters. The molecular formula is C19H39NO5Si. The molecule has 7 heteroatoms. The Balaban J connectivity index is 3.30. The molecule has 0 spiro atoms. The number of carbonyl (C=O) groups is 1. The molecule has 0 aromatic heterocycles. The monoisotopic (exact) mass is 389 g/mol. The SMILES string of the molecule is CC(C)(C)OC(=O)[C@]1([C@H](CCO)O[Si](C)(C)C(C)(C)C)COC(C)(C)N1. The van der Waals surface area contributed by atoms with Crippen molar-refractivity contribution in [2.45, 2.75) is 103 Å². The Hall–Kier alpha value is -0.473. The second-order valence-corrected chi connectivity index (χ2v) is 15.0. The van der Waals surface area contributed by atoms with Gasteiger partial charge in [-0.15, -0.1) is 0 Å². The molecule has 1 aliphatic heterocycles. The predicted octanol–water partition coefficient (Wildman–Crippen LogP) is 3.20. The highest BCUT2D eigenvalue weighted by atomic mass is 28.4. The van der Waals surface area contributed by atoms with E-state index in [0.717, 1.165) is 0 Å². The molecule has 1 fully saturated rings. The number of esters is 1. The second kappa shape index (κ2) is 7.51. The van der Waals surface area contributed by atoms with Gasteiger partial charge in [0.2, 0.25) is 0 Å². The fourth-order valence-electron chi connectivity index (χ4n) is 2.74. The number of hydrogen-bond donors (Lipinski definition) is 2. The van der Waals surface area contributed by atoms with Crippen molar-refractivity contribution in [3.63, 3.8) is 0 Å². The molecule has 2 atom stereocenters. The highest BCUT2D eigenvalue weighted by Gasteiger charge is 2.58. The first-order valence-corrected chi connectivity index (χ1v) is 12.3. The lowest BCUT2D eigenvalue weighted by atomic mass is 9.91. The van der Waals surface area contributed by atoms with Crippen LogP contribution < -0.4 is 5.32 Å². The number of rotatable bonds is 6. The minimum atomic E-state index is -2.19. The van der Waals surface area contributed by atoms with Crippen molar-refractivity contribution >= 4 is 14.3 Å². The summed E-state index contributed by atoms with van der Waals surface area (Å²) in [7, 11) is -2.19. The average molecular weight is 390 g/mol. The fraction of sp³-hybridized carbons (Fsp3) is 0.947. The van der Waals surface area contributed by atoms with Gasteiger partial charge in [-0.2, -0.15) is 0 Å². The maximum atomic E-state index is 13.2. The Morgan fingerprint density at radius 1 is 1.23 bits per heavy atom. The standard InChI is InChI=1S/C19H39NO5Si/c1-16(2,3)24-15(22)19(13-23-18(7,8)20-19)14(11-12-21)25-26(9,10)17(4,5)6/h14,20-21H,11-13H2,1-10H3/t14-,19+/m0/s1. The molecule has 1 heterocycles. The third kappa shape index (κ3) is 5.52. The Morgan fingerprint density at radius 2 is 1.77 bits per heavy atom. The van der Waals surface area contributed by atoms with E-state index >= 15 is 0 Å². The van der Waals surface area contributed by atoms with E-state index in [-0.39, 0.29) is 18.3 Å². The summed E-state index contributed by atoms with van der Waals surface area (Å²) in [6.07, 6.45) is -0.205. The van der Waals surface area contributed by atoms with Gasteiger partial charge in [0.1, 0.15) is 11.3 Å². The van der Waals surface area contributed by atoms with Crippen LogP contribution in [0.25, 0.3) is 0 Å². The Bertz CT molecular complexity index is 507. The van der Waals surface area contributed by atoms with Crippen molar-refractivity contribution in [2.24, 2.45) is 0 Å². The first-order valence-electron chi connectivity index (χ1n) is 9.41. The normalized spacial score (nSPS) is 25.2. The summed E-state index contributed by atoms with van der Waals surface area (Å²) in [4.78, 5) is 13.2. The van der Waals surface area contributed by atoms with Crippen LogP contribution in [0.1, 0.15) is 61.8 Å². The van der Waals surface area contributed by atoms with Gasteiger partial charge in [0.05, 0.1) is 12.7 Å². The molecule has 6 nitrogen and oxygen atoms in total. The third-order valence-corrected chi connectivity index (χ3v) is 9.62. The van der Waals surface area contributed by atoms with Crippen LogP contribution in [-0.2, 0) is 18.7 Å². The van der Waals surface area contributed by atoms with Crippen molar-refractivity contribution in [1.82, 2.24) is 5.32 Å². The van der Waals surface area contributed by atoms with Crippen LogP contribution in [0.3, 0.4) is 0 Å². The van der Waals surface area contributed by atoms with E-state index in [1.807, 2.05) is 34.6 Å². The van der Waals surface area contributed by atoms with Crippen LogP contribution >= 0.6 is 0 Å². The van der Waals surface area contributed by atoms with Crippen LogP contribution in [0, 0.1) is 0 Å². The zero-order chi connectivity index (χ0) is 20.6. The van der Waals surface area contributed by atoms with Gasteiger partial charge >= 0.3 is 5.97 Å². The molecule has 2 N–H and O–H groups in total. The zero-order valence-corrected chi connectivity index (χ0v) is 19.3. The quantitative estimate of drug-likeness (QED) is 0.537. The summed E-state index contributed by atoms with van der Waals surface area (Å²) < 4.78 is 18.2. The predicted molar refractivity (Wildman–Crippen MR) is 106 cm³/mol. The summed E-state index contributed by atoms with van der Waals surface area (Å²) in [5.41, 5.74) is -2.45. The third-order valence-electron chi connectivity index (χ3n) is 5.13. The topological polar surface area (TPSA) is 77.0 Å². The zero-order valence-electron chi connectivity index (χ0n) is 18.3. The number of aliphatic hydroxyl groups excluding tert-OH is 1. The van der Waals surface area contributed by atoms with Gasteiger partial charge in [0, 0.05) is 6.61 Å². The molecule has 0 bridgehead atoms. The van der Waals surface area contributed by atoms with Gasteiger partial charge < -0.3 is 19.0 Å². The smallest absolute Gasteiger partial charge is 0.332 e. The van der Waals surface area contributed by atoms with Crippen molar-refractivity contribution in [3.05, 3.63) is 0 Å². The molecule has 1 aliphatic rings. The lowest BCUT2D eigenvalue weighted by Gasteiger charge is -2.44. The van der Waals surface area contributed by atoms with Crippen molar-refractivity contribution < 1.29 is 23.8 Å². The summed E-state index contributed by atoms with van der Waals surface area (Å²) >= 11 is 0. The van der Waals surface area contributed by atoms with Crippen molar-refractivity contribution in [1.29, 1.82) is 0 Å². The van der Waals surface area contributed by atoms with E-state index in [4.69, 9.17) is 13.9 Å². The summed E-state index contributed by atoms with van der Waals surface area (Å²) in [5.74, 6) is -0.396. The van der Waals surface area contributed by atoms with E-state index in [2.05, 4.69) is 39.2 Å². The number of hydrogen-bond acceptors (Lipinski definition) is 6. The Morgan fingerprint density at radius 3 is 2.12 bits per heavy atom. The number of nitrogens with one attached hydrogen (secondary N) is 1. The first kappa shape index (κ1) is 23.6. The molecule has 1 saturated heterocycles. The molecule has 0 radical (unpaired) electrons. The van der Waals surface area contributed by atoms with E-state index in [1.54, 1.807) is 0 Å². The minimum Gasteiger partial charge on any atom is -0.458 e. The second-order valence-electron chi connectivity index (χ2n) is 10.3. The van der Waals surface area contributed by atoms with Crippen molar-refractivity contribution in [3.8, 4) is 0 Å². The van der Waals surface area contributed by atoms with Gasteiger partial charge in [-0.3, -0.25) is 5.32 Å². The van der Waals surface area contributed by atoms with Gasteiger partial charge in [-0.05, 0) is 59.2 Å². The Kier molecular flexibility index (Phi) is 6.80. The molecule has 0 aromatic rings. The minimum absolute atomic E-state index is 0.0230. The lowest BCUT2D eigenvalue weighted by molar-refractivity contribution is -0.167. The summed E-state index contributed by atoms with van der Waals surface area (Å²) in [6, 6.07) is 0. The highest BCUT2D eigenvalue weighted by Crippen LogP contribution is 2.41. The first-order chi connectivity index (χ1) is 11.5. The molecule has 1 rings (SSSR count). The molecule has 0 aromatic carbocycles. The highest BCUT2D eigenvalue weighted by molar-refractivity contribution is 6.74. The molecule has 0 amide bonds. The number of carbonyl (C=O) groups excluding carboxylic acids is 1. The lowest BCUT2D eigenvalue weighted by Crippen LogP contribution is -2.66. The average Bonchev–Trinajstić information content (AvgIpc) is 2.72. The molecule has 0 saturated carbocycles. The molecule has 0 aliphatic carbocycles. The van der Waals surface area contributed by atoms with Crippen LogP contribution in [0.4, 0.5) is 0 Å². The molecular weight excluding hydrogens is 350 g/mol. The maximum absolute atomic E-state index is 13.2. The van der Waals surface area contributed by atoms with E-state index in [9.17, 15) is 9.90 Å². The summed E-state index contributed by atoms with van der Waals surface area (Å²) in [5, 5.41) is 13.0. The van der Waals surface area contributed by atoms with Crippen LogP contribution in [0.15, 0.2) is 0 Å². The number of aliphatic hydroxyl groups is 1. The molecule has 154 valence electrons. The van der Waals surface area contributed by atoms with Crippen LogP contribution in [-0.4, -0.2) is 55.6 Å². The Labute approximate surface area is 160 Å². The maximum Gasteiger partial charge on any atom is 0.332 e. The number of ether oxygens (including phenoxy) is 2. The van der Waals surface area contributed by atoms with E-state index < -0.39 is 37.3 Å². The van der Waals surface area contributed by atoms with Crippen LogP contribution in [0.2, 0.25) is 18.1 Å². The largest absolute Gasteiger partial charge is 0.458 e. The van der Waals surface area contributed by atoms with E-state index in [0.29, 0.717) is 6.42 Å². The van der Waals surface area contributed by atoms with Gasteiger partial charge in [0.25, 0.3) is 0 Å². The van der Waals surface area contributed by atoms with Gasteiger partial charge in [0.15, 0.2) is 13.9 Å². The van der Waals surface area contributed by atoms with Crippen molar-refractivity contribution in [2.75, 3.05) is 13.2 Å². The molecule has 26 heavy (non-hydrogen) atoms. The van der Waals surface area contributed by atoms with Crippen LogP contribution in [0.5, 0.6) is 0 Å². The van der Waals surface area contributed by atoms with Gasteiger partial charge in [-0.25, -0.2) is 4.79 Å².